The van der Waals surface area contributed by atoms with E-state index in [1.54, 1.807) is 12.1 Å². The molecule has 0 unspecified atom stereocenters. The number of benzene rings is 1. The van der Waals surface area contributed by atoms with Gasteiger partial charge in [0.2, 0.25) is 0 Å². The van der Waals surface area contributed by atoms with Crippen LogP contribution in [0.5, 0.6) is 5.75 Å². The van der Waals surface area contributed by atoms with E-state index in [0.717, 1.165) is 16.5 Å². The topological polar surface area (TPSA) is 71.5 Å². The van der Waals surface area contributed by atoms with E-state index in [9.17, 15) is 9.90 Å². The number of carboxylic acid groups (broad SMARTS) is 1. The van der Waals surface area contributed by atoms with Crippen molar-refractivity contribution in [2.45, 2.75) is 39.8 Å². The van der Waals surface area contributed by atoms with Crippen LogP contribution in [-0.2, 0) is 17.9 Å². The van der Waals surface area contributed by atoms with E-state index in [1.807, 2.05) is 31.4 Å². The maximum absolute atomic E-state index is 11.5. The van der Waals surface area contributed by atoms with Crippen LogP contribution in [0, 0.1) is 5.41 Å². The van der Waals surface area contributed by atoms with Crippen molar-refractivity contribution in [1.82, 2.24) is 10.3 Å². The first-order valence-electron chi connectivity index (χ1n) is 8.25. The number of hydrogen-bond donors (Lipinski definition) is 2. The quantitative estimate of drug-likeness (QED) is 0.639. The second kappa shape index (κ2) is 9.17. The largest absolute Gasteiger partial charge is 0.486 e. The number of carboxylic acids is 1. The fraction of sp³-hybridized carbons (Fsp3) is 0.444. The minimum absolute atomic E-state index is 0.398. The zero-order valence-corrected chi connectivity index (χ0v) is 16.0. The molecule has 2 N–H and O–H groups in total. The van der Waals surface area contributed by atoms with Crippen molar-refractivity contribution in [2.75, 3.05) is 6.54 Å². The molecule has 0 atom stereocenters. The molecule has 0 fully saturated rings. The normalized spacial score (nSPS) is 11.5. The lowest BCUT2D eigenvalue weighted by atomic mass is 9.82. The van der Waals surface area contributed by atoms with Crippen molar-refractivity contribution in [1.29, 1.82) is 0 Å². The summed E-state index contributed by atoms with van der Waals surface area (Å²) in [5, 5.41) is 16.2. The van der Waals surface area contributed by atoms with Gasteiger partial charge in [0.25, 0.3) is 0 Å². The van der Waals surface area contributed by atoms with E-state index in [0.29, 0.717) is 37.6 Å². The number of thiazole rings is 1. The van der Waals surface area contributed by atoms with Gasteiger partial charge in [-0.3, -0.25) is 4.79 Å². The van der Waals surface area contributed by atoms with E-state index in [4.69, 9.17) is 16.3 Å². The lowest BCUT2D eigenvalue weighted by molar-refractivity contribution is -0.149. The lowest BCUT2D eigenvalue weighted by Gasteiger charge is -2.26. The highest BCUT2D eigenvalue weighted by Crippen LogP contribution is 2.26. The van der Waals surface area contributed by atoms with E-state index in [1.165, 1.54) is 11.3 Å². The highest BCUT2D eigenvalue weighted by molar-refractivity contribution is 7.09. The first kappa shape index (κ1) is 19.7. The maximum atomic E-state index is 11.5. The average molecular weight is 383 g/mol. The van der Waals surface area contributed by atoms with Crippen LogP contribution in [0.1, 0.15) is 37.4 Å². The smallest absolute Gasteiger partial charge is 0.310 e. The highest BCUT2D eigenvalue weighted by atomic mass is 35.5. The highest BCUT2D eigenvalue weighted by Gasteiger charge is 2.34. The Balaban J connectivity index is 1.83. The van der Waals surface area contributed by atoms with Gasteiger partial charge < -0.3 is 15.2 Å². The van der Waals surface area contributed by atoms with Gasteiger partial charge in [0.15, 0.2) is 0 Å². The molecular weight excluding hydrogens is 360 g/mol. The summed E-state index contributed by atoms with van der Waals surface area (Å²) < 4.78 is 5.68. The van der Waals surface area contributed by atoms with Crippen molar-refractivity contribution < 1.29 is 14.6 Å². The summed E-state index contributed by atoms with van der Waals surface area (Å²) in [7, 11) is 0. The number of halogens is 1. The van der Waals surface area contributed by atoms with Crippen molar-refractivity contribution in [3.8, 4) is 5.75 Å². The Morgan fingerprint density at radius 3 is 2.60 bits per heavy atom. The van der Waals surface area contributed by atoms with Gasteiger partial charge in [-0.2, -0.15) is 0 Å². The van der Waals surface area contributed by atoms with E-state index in [2.05, 4.69) is 10.3 Å². The molecule has 0 aliphatic heterocycles. The summed E-state index contributed by atoms with van der Waals surface area (Å²) >= 11 is 7.37. The van der Waals surface area contributed by atoms with Gasteiger partial charge in [0.1, 0.15) is 17.4 Å². The molecule has 7 heteroatoms. The summed E-state index contributed by atoms with van der Waals surface area (Å²) in [6, 6.07) is 7.20. The molecule has 1 aromatic carbocycles. The van der Waals surface area contributed by atoms with Crippen LogP contribution in [0.15, 0.2) is 29.6 Å². The standard InChI is InChI=1S/C18H23ClN2O3S/c1-3-18(4-2,17(22)23)12-20-9-14-11-25-16(21-14)10-24-15-7-5-13(19)6-8-15/h5-8,11,20H,3-4,9-10,12H2,1-2H3,(H,22,23). The molecule has 0 radical (unpaired) electrons. The first-order valence-corrected chi connectivity index (χ1v) is 9.50. The Morgan fingerprint density at radius 1 is 1.32 bits per heavy atom. The van der Waals surface area contributed by atoms with Crippen LogP contribution in [-0.4, -0.2) is 22.6 Å². The number of aliphatic carboxylic acids is 1. The molecule has 0 spiro atoms. The Kier molecular flexibility index (Phi) is 7.23. The SMILES string of the molecule is CCC(CC)(CNCc1csc(COc2ccc(Cl)cc2)n1)C(=O)O. The van der Waals surface area contributed by atoms with Gasteiger partial charge in [0, 0.05) is 23.5 Å². The number of carbonyl (C=O) groups is 1. The molecule has 2 aromatic rings. The summed E-state index contributed by atoms with van der Waals surface area (Å²) in [6.07, 6.45) is 1.20. The molecule has 0 aliphatic rings. The third kappa shape index (κ3) is 5.42. The molecule has 0 saturated heterocycles. The number of rotatable bonds is 10. The van der Waals surface area contributed by atoms with E-state index in [-0.39, 0.29) is 0 Å². The molecule has 0 amide bonds. The van der Waals surface area contributed by atoms with Crippen LogP contribution in [0.25, 0.3) is 0 Å². The minimum atomic E-state index is -0.750. The Morgan fingerprint density at radius 2 is 2.00 bits per heavy atom. The second-order valence-electron chi connectivity index (χ2n) is 5.87. The molecule has 1 heterocycles. The van der Waals surface area contributed by atoms with Crippen molar-refractivity contribution >= 4 is 28.9 Å². The van der Waals surface area contributed by atoms with Crippen LogP contribution < -0.4 is 10.1 Å². The van der Waals surface area contributed by atoms with Gasteiger partial charge in [-0.1, -0.05) is 25.4 Å². The van der Waals surface area contributed by atoms with Crippen LogP contribution in [0.2, 0.25) is 5.02 Å². The van der Waals surface area contributed by atoms with E-state index < -0.39 is 11.4 Å². The molecule has 0 saturated carbocycles. The molecule has 0 aliphatic carbocycles. The van der Waals surface area contributed by atoms with Crippen molar-refractivity contribution in [3.63, 3.8) is 0 Å². The predicted molar refractivity (Wildman–Crippen MR) is 100 cm³/mol. The lowest BCUT2D eigenvalue weighted by Crippen LogP contribution is -2.40. The van der Waals surface area contributed by atoms with Gasteiger partial charge in [-0.05, 0) is 37.1 Å². The first-order chi connectivity index (χ1) is 12.0. The number of nitrogens with zero attached hydrogens (tertiary/aromatic N) is 1. The third-order valence-electron chi connectivity index (χ3n) is 4.35. The maximum Gasteiger partial charge on any atom is 0.310 e. The number of aromatic nitrogens is 1. The van der Waals surface area contributed by atoms with Crippen molar-refractivity contribution in [3.05, 3.63) is 45.4 Å². The van der Waals surface area contributed by atoms with Gasteiger partial charge >= 0.3 is 5.97 Å². The average Bonchev–Trinajstić information content (AvgIpc) is 3.06. The third-order valence-corrected chi connectivity index (χ3v) is 5.48. The molecule has 136 valence electrons. The van der Waals surface area contributed by atoms with Gasteiger partial charge in [-0.25, -0.2) is 4.98 Å². The molecule has 5 nitrogen and oxygen atoms in total. The van der Waals surface area contributed by atoms with Gasteiger partial charge in [0.05, 0.1) is 11.1 Å². The van der Waals surface area contributed by atoms with Crippen LogP contribution in [0.3, 0.4) is 0 Å². The number of hydrogen-bond acceptors (Lipinski definition) is 5. The fourth-order valence-electron chi connectivity index (χ4n) is 2.48. The summed E-state index contributed by atoms with van der Waals surface area (Å²) in [5.41, 5.74) is 0.183. The number of ether oxygens (including phenoxy) is 1. The summed E-state index contributed by atoms with van der Waals surface area (Å²) in [5.74, 6) is -0.00302. The molecule has 1 aromatic heterocycles. The van der Waals surface area contributed by atoms with E-state index >= 15 is 0 Å². The monoisotopic (exact) mass is 382 g/mol. The van der Waals surface area contributed by atoms with Crippen molar-refractivity contribution in [2.24, 2.45) is 5.41 Å². The fourth-order valence-corrected chi connectivity index (χ4v) is 3.31. The Hall–Kier alpha value is -1.63. The van der Waals surface area contributed by atoms with Gasteiger partial charge in [-0.15, -0.1) is 11.3 Å². The summed E-state index contributed by atoms with van der Waals surface area (Å²) in [6.45, 7) is 5.20. The second-order valence-corrected chi connectivity index (χ2v) is 7.25. The Bertz CT molecular complexity index is 684. The predicted octanol–water partition coefficient (Wildman–Crippen LogP) is 4.36. The molecule has 0 bridgehead atoms. The van der Waals surface area contributed by atoms with Crippen LogP contribution in [0.4, 0.5) is 0 Å². The van der Waals surface area contributed by atoms with Crippen LogP contribution >= 0.6 is 22.9 Å². The number of nitrogens with one attached hydrogen (secondary N) is 1. The minimum Gasteiger partial charge on any atom is -0.486 e. The zero-order chi connectivity index (χ0) is 18.3. The molecule has 2 rings (SSSR count). The Labute approximate surface area is 157 Å². The molecule has 25 heavy (non-hydrogen) atoms. The zero-order valence-electron chi connectivity index (χ0n) is 14.4. The summed E-state index contributed by atoms with van der Waals surface area (Å²) in [4.78, 5) is 16.0. The molecular formula is C18H23ClN2O3S.